The van der Waals surface area contributed by atoms with Gasteiger partial charge in [0.15, 0.2) is 6.10 Å². The number of methoxy groups -OCH3 is 1. The molecule has 22 heavy (non-hydrogen) atoms. The molecular formula is C15H14Cl2N2O3. The van der Waals surface area contributed by atoms with Gasteiger partial charge in [0.1, 0.15) is 5.75 Å². The molecule has 2 aromatic rings. The normalized spacial score (nSPS) is 11.6. The second kappa shape index (κ2) is 7.33. The Labute approximate surface area is 138 Å². The van der Waals surface area contributed by atoms with Crippen molar-refractivity contribution in [3.63, 3.8) is 0 Å². The monoisotopic (exact) mass is 340 g/mol. The Morgan fingerprint density at radius 3 is 2.64 bits per heavy atom. The zero-order valence-corrected chi connectivity index (χ0v) is 13.5. The smallest absolute Gasteiger partial charge is 0.265 e. The molecule has 1 heterocycles. The Morgan fingerprint density at radius 1 is 1.27 bits per heavy atom. The lowest BCUT2D eigenvalue weighted by Gasteiger charge is -2.15. The van der Waals surface area contributed by atoms with E-state index in [0.29, 0.717) is 27.4 Å². The number of amides is 1. The summed E-state index contributed by atoms with van der Waals surface area (Å²) in [6.07, 6.45) is 0.763. The molecule has 1 aromatic carbocycles. The van der Waals surface area contributed by atoms with Gasteiger partial charge in [-0.3, -0.25) is 4.79 Å². The van der Waals surface area contributed by atoms with Gasteiger partial charge in [-0.2, -0.15) is 0 Å². The summed E-state index contributed by atoms with van der Waals surface area (Å²) in [5, 5.41) is 3.54. The van der Waals surface area contributed by atoms with E-state index >= 15 is 0 Å². The number of hydrogen-bond donors (Lipinski definition) is 1. The van der Waals surface area contributed by atoms with Gasteiger partial charge in [0.2, 0.25) is 5.88 Å². The third-order valence-electron chi connectivity index (χ3n) is 2.78. The first-order valence-electron chi connectivity index (χ1n) is 6.42. The van der Waals surface area contributed by atoms with Gasteiger partial charge in [0.05, 0.1) is 24.0 Å². The summed E-state index contributed by atoms with van der Waals surface area (Å²) in [5.41, 5.74) is 0.545. The maximum atomic E-state index is 12.1. The lowest BCUT2D eigenvalue weighted by Crippen LogP contribution is -2.30. The number of nitrogens with one attached hydrogen (secondary N) is 1. The summed E-state index contributed by atoms with van der Waals surface area (Å²) in [4.78, 5) is 16.1. The molecule has 0 aliphatic carbocycles. The third-order valence-corrected chi connectivity index (χ3v) is 3.31. The Balaban J connectivity index is 1.99. The second-order valence-electron chi connectivity index (χ2n) is 4.41. The molecule has 0 aliphatic rings. The molecule has 1 aromatic heterocycles. The molecule has 0 fully saturated rings. The Bertz CT molecular complexity index is 662. The maximum Gasteiger partial charge on any atom is 0.265 e. The Hall–Kier alpha value is -1.98. The van der Waals surface area contributed by atoms with Crippen molar-refractivity contribution in [3.05, 3.63) is 46.6 Å². The van der Waals surface area contributed by atoms with Crippen LogP contribution in [0.1, 0.15) is 6.92 Å². The molecule has 0 saturated heterocycles. The summed E-state index contributed by atoms with van der Waals surface area (Å²) in [5.74, 6) is 0.537. The van der Waals surface area contributed by atoms with Crippen LogP contribution >= 0.6 is 23.2 Å². The van der Waals surface area contributed by atoms with E-state index in [4.69, 9.17) is 32.7 Å². The van der Waals surface area contributed by atoms with Crippen molar-refractivity contribution in [1.29, 1.82) is 0 Å². The van der Waals surface area contributed by atoms with Gasteiger partial charge in [0.25, 0.3) is 5.91 Å². The number of ether oxygens (including phenoxy) is 2. The van der Waals surface area contributed by atoms with Crippen molar-refractivity contribution >= 4 is 34.8 Å². The van der Waals surface area contributed by atoms with Gasteiger partial charge in [-0.15, -0.1) is 0 Å². The predicted molar refractivity (Wildman–Crippen MR) is 86.0 cm³/mol. The average Bonchev–Trinajstić information content (AvgIpc) is 2.50. The third kappa shape index (κ3) is 4.26. The molecular weight excluding hydrogens is 327 g/mol. The van der Waals surface area contributed by atoms with Crippen LogP contribution in [0, 0.1) is 0 Å². The summed E-state index contributed by atoms with van der Waals surface area (Å²) < 4.78 is 10.5. The van der Waals surface area contributed by atoms with Gasteiger partial charge in [0, 0.05) is 11.1 Å². The fourth-order valence-electron chi connectivity index (χ4n) is 1.63. The number of aromatic nitrogens is 1. The van der Waals surface area contributed by atoms with E-state index in [2.05, 4.69) is 10.3 Å². The quantitative estimate of drug-likeness (QED) is 0.899. The van der Waals surface area contributed by atoms with Gasteiger partial charge < -0.3 is 14.8 Å². The zero-order chi connectivity index (χ0) is 16.1. The van der Waals surface area contributed by atoms with Crippen molar-refractivity contribution in [1.82, 2.24) is 4.98 Å². The van der Waals surface area contributed by atoms with Crippen LogP contribution < -0.4 is 14.8 Å². The van der Waals surface area contributed by atoms with Crippen LogP contribution in [-0.4, -0.2) is 24.1 Å². The number of carbonyl (C=O) groups is 1. The summed E-state index contributed by atoms with van der Waals surface area (Å²) >= 11 is 11.8. The number of benzene rings is 1. The highest BCUT2D eigenvalue weighted by atomic mass is 35.5. The van der Waals surface area contributed by atoms with E-state index in [9.17, 15) is 4.79 Å². The molecule has 1 amide bonds. The first-order valence-corrected chi connectivity index (χ1v) is 7.18. The summed E-state index contributed by atoms with van der Waals surface area (Å²) in [6, 6.07) is 8.14. The van der Waals surface area contributed by atoms with Crippen LogP contribution in [0.15, 0.2) is 36.5 Å². The molecule has 0 radical (unpaired) electrons. The molecule has 1 atom stereocenters. The van der Waals surface area contributed by atoms with Crippen molar-refractivity contribution in [2.24, 2.45) is 0 Å². The van der Waals surface area contributed by atoms with Crippen LogP contribution in [0.3, 0.4) is 0 Å². The molecule has 0 bridgehead atoms. The van der Waals surface area contributed by atoms with E-state index in [1.54, 1.807) is 37.3 Å². The van der Waals surface area contributed by atoms with Gasteiger partial charge in [-0.1, -0.05) is 23.2 Å². The molecule has 7 heteroatoms. The number of nitrogens with zero attached hydrogens (tertiary/aromatic N) is 1. The molecule has 0 aliphatic heterocycles. The fourth-order valence-corrected chi connectivity index (χ4v) is 2.09. The highest BCUT2D eigenvalue weighted by molar-refractivity contribution is 6.35. The van der Waals surface area contributed by atoms with Crippen LogP contribution in [0.5, 0.6) is 11.6 Å². The number of anilines is 1. The van der Waals surface area contributed by atoms with Crippen LogP contribution in [0.2, 0.25) is 10.0 Å². The van der Waals surface area contributed by atoms with Crippen LogP contribution in [0.4, 0.5) is 5.69 Å². The van der Waals surface area contributed by atoms with Crippen molar-refractivity contribution in [2.45, 2.75) is 13.0 Å². The highest BCUT2D eigenvalue weighted by Crippen LogP contribution is 2.28. The largest absolute Gasteiger partial charge is 0.481 e. The number of rotatable bonds is 5. The number of hydrogen-bond acceptors (Lipinski definition) is 4. The Morgan fingerprint density at radius 2 is 2.05 bits per heavy atom. The molecule has 0 spiro atoms. The predicted octanol–water partition coefficient (Wildman–Crippen LogP) is 3.80. The van der Waals surface area contributed by atoms with Crippen molar-refractivity contribution < 1.29 is 14.3 Å². The van der Waals surface area contributed by atoms with Gasteiger partial charge in [-0.05, 0) is 31.2 Å². The number of halogens is 2. The molecule has 5 nitrogen and oxygen atoms in total. The fraction of sp³-hybridized carbons (Fsp3) is 0.200. The molecule has 116 valence electrons. The molecule has 1 N–H and O–H groups in total. The number of carbonyl (C=O) groups excluding carboxylic acids is 1. The SMILES string of the molecule is COc1ccc(NC(=O)C(C)Oc2ccc(Cl)cc2Cl)cn1. The topological polar surface area (TPSA) is 60.5 Å². The maximum absolute atomic E-state index is 12.1. The molecule has 2 rings (SSSR count). The summed E-state index contributed by atoms with van der Waals surface area (Å²) in [7, 11) is 1.52. The lowest BCUT2D eigenvalue weighted by atomic mass is 10.3. The first-order chi connectivity index (χ1) is 10.5. The van der Waals surface area contributed by atoms with Crippen LogP contribution in [-0.2, 0) is 4.79 Å². The van der Waals surface area contributed by atoms with E-state index in [-0.39, 0.29) is 5.91 Å². The standard InChI is InChI=1S/C15H14Cl2N2O3/c1-9(22-13-5-3-10(16)7-12(13)17)15(20)19-11-4-6-14(21-2)18-8-11/h3-9H,1-2H3,(H,19,20). The minimum atomic E-state index is -0.735. The minimum absolute atomic E-state index is 0.321. The highest BCUT2D eigenvalue weighted by Gasteiger charge is 2.16. The average molecular weight is 341 g/mol. The van der Waals surface area contributed by atoms with E-state index in [1.807, 2.05) is 0 Å². The van der Waals surface area contributed by atoms with E-state index in [1.165, 1.54) is 13.3 Å². The molecule has 0 saturated carbocycles. The van der Waals surface area contributed by atoms with Gasteiger partial charge >= 0.3 is 0 Å². The van der Waals surface area contributed by atoms with Crippen molar-refractivity contribution in [3.8, 4) is 11.6 Å². The van der Waals surface area contributed by atoms with E-state index < -0.39 is 6.10 Å². The molecule has 1 unspecified atom stereocenters. The summed E-state index contributed by atoms with van der Waals surface area (Å²) in [6.45, 7) is 1.62. The minimum Gasteiger partial charge on any atom is -0.481 e. The van der Waals surface area contributed by atoms with Crippen LogP contribution in [0.25, 0.3) is 0 Å². The van der Waals surface area contributed by atoms with Gasteiger partial charge in [-0.25, -0.2) is 4.98 Å². The number of pyridine rings is 1. The first kappa shape index (κ1) is 16.4. The lowest BCUT2D eigenvalue weighted by molar-refractivity contribution is -0.122. The van der Waals surface area contributed by atoms with E-state index in [0.717, 1.165) is 0 Å². The van der Waals surface area contributed by atoms with Crippen molar-refractivity contribution in [2.75, 3.05) is 12.4 Å². The zero-order valence-electron chi connectivity index (χ0n) is 12.0. The second-order valence-corrected chi connectivity index (χ2v) is 5.26. The Kier molecular flexibility index (Phi) is 5.46.